The Kier molecular flexibility index (Phi) is 11.7. The first-order valence-electron chi connectivity index (χ1n) is 12.5. The highest BCUT2D eigenvalue weighted by molar-refractivity contribution is 7.92. The lowest BCUT2D eigenvalue weighted by Gasteiger charge is -2.31. The zero-order valence-corrected chi connectivity index (χ0v) is 22.6. The predicted octanol–water partition coefficient (Wildman–Crippen LogP) is 3.97. The van der Waals surface area contributed by atoms with Crippen LogP contribution in [-0.4, -0.2) is 57.1 Å². The Morgan fingerprint density at radius 3 is 2.28 bits per heavy atom. The number of carbonyl (C=O) groups is 2. The first-order chi connectivity index (χ1) is 17.2. The monoisotopic (exact) mass is 517 g/mol. The van der Waals surface area contributed by atoms with Gasteiger partial charge in [-0.25, -0.2) is 8.42 Å². The number of sulfonamides is 1. The molecule has 1 N–H and O–H groups in total. The number of rotatable bonds is 15. The largest absolute Gasteiger partial charge is 0.492 e. The Balaban J connectivity index is 2.21. The second-order valence-electron chi connectivity index (χ2n) is 8.56. The number of amides is 2. The maximum absolute atomic E-state index is 13.4. The number of benzene rings is 2. The Bertz CT molecular complexity index is 1080. The normalized spacial score (nSPS) is 12.0. The van der Waals surface area contributed by atoms with Gasteiger partial charge in [0.2, 0.25) is 21.8 Å². The van der Waals surface area contributed by atoms with Crippen molar-refractivity contribution in [3.63, 3.8) is 0 Å². The molecule has 0 radical (unpaired) electrons. The van der Waals surface area contributed by atoms with Crippen LogP contribution in [0.5, 0.6) is 5.75 Å². The van der Waals surface area contributed by atoms with Gasteiger partial charge in [0.1, 0.15) is 11.8 Å². The molecule has 0 bridgehead atoms. The van der Waals surface area contributed by atoms with Crippen molar-refractivity contribution in [2.45, 2.75) is 59.0 Å². The van der Waals surface area contributed by atoms with Gasteiger partial charge in [0.15, 0.2) is 0 Å². The average Bonchev–Trinajstić information content (AvgIpc) is 2.85. The lowest BCUT2D eigenvalue weighted by Crippen LogP contribution is -2.49. The second-order valence-corrected chi connectivity index (χ2v) is 10.5. The zero-order valence-electron chi connectivity index (χ0n) is 21.8. The van der Waals surface area contributed by atoms with E-state index in [1.165, 1.54) is 4.31 Å². The van der Waals surface area contributed by atoms with E-state index in [1.807, 2.05) is 51.1 Å². The van der Waals surface area contributed by atoms with Crippen molar-refractivity contribution in [2.24, 2.45) is 0 Å². The lowest BCUT2D eigenvalue weighted by molar-refractivity contribution is -0.141. The van der Waals surface area contributed by atoms with Gasteiger partial charge in [-0.3, -0.25) is 13.9 Å². The number of nitrogens with one attached hydrogen (secondary N) is 1. The maximum Gasteiger partial charge on any atom is 0.242 e. The summed E-state index contributed by atoms with van der Waals surface area (Å²) < 4.78 is 32.1. The molecule has 0 heterocycles. The Morgan fingerprint density at radius 1 is 1.00 bits per heavy atom. The summed E-state index contributed by atoms with van der Waals surface area (Å²) in [7, 11) is -3.61. The fourth-order valence-corrected chi connectivity index (χ4v) is 4.96. The highest BCUT2D eigenvalue weighted by Crippen LogP contribution is 2.30. The van der Waals surface area contributed by atoms with E-state index in [9.17, 15) is 18.0 Å². The van der Waals surface area contributed by atoms with Crippen LogP contribution < -0.4 is 14.4 Å². The van der Waals surface area contributed by atoms with Crippen LogP contribution in [0.1, 0.15) is 52.0 Å². The number of hydrogen-bond donors (Lipinski definition) is 1. The fourth-order valence-electron chi connectivity index (χ4n) is 3.99. The third-order valence-corrected chi connectivity index (χ3v) is 6.90. The predicted molar refractivity (Wildman–Crippen MR) is 143 cm³/mol. The molecule has 2 aromatic carbocycles. The van der Waals surface area contributed by atoms with Crippen LogP contribution in [-0.2, 0) is 26.2 Å². The molecule has 0 aliphatic heterocycles. The highest BCUT2D eigenvalue weighted by Gasteiger charge is 2.29. The van der Waals surface area contributed by atoms with Crippen molar-refractivity contribution in [3.05, 3.63) is 60.2 Å². The van der Waals surface area contributed by atoms with Gasteiger partial charge in [0, 0.05) is 26.1 Å². The molecular formula is C27H39N3O5S. The molecule has 0 aliphatic carbocycles. The summed E-state index contributed by atoms with van der Waals surface area (Å²) >= 11 is 0. The van der Waals surface area contributed by atoms with Crippen LogP contribution in [0.15, 0.2) is 54.6 Å². The van der Waals surface area contributed by atoms with Gasteiger partial charge in [-0.1, -0.05) is 56.3 Å². The van der Waals surface area contributed by atoms with E-state index in [0.29, 0.717) is 44.0 Å². The summed E-state index contributed by atoms with van der Waals surface area (Å²) in [5.74, 6) is 0.108. The van der Waals surface area contributed by atoms with E-state index >= 15 is 0 Å². The lowest BCUT2D eigenvalue weighted by atomic mass is 10.1. The topological polar surface area (TPSA) is 96.0 Å². The van der Waals surface area contributed by atoms with Gasteiger partial charge in [-0.05, 0) is 43.9 Å². The molecule has 2 amide bonds. The minimum atomic E-state index is -3.61. The highest BCUT2D eigenvalue weighted by atomic mass is 32.2. The van der Waals surface area contributed by atoms with E-state index in [4.69, 9.17) is 4.74 Å². The van der Waals surface area contributed by atoms with Crippen LogP contribution in [0, 0.1) is 0 Å². The molecule has 36 heavy (non-hydrogen) atoms. The standard InChI is InChI=1S/C27H39N3O5S/c1-5-19-28-27(32)23(6-2)29(21-22-14-9-8-10-15-22)26(31)18-13-20-30(36(4,33)34)24-16-11-12-17-25(24)35-7-3/h8-12,14-17,23H,5-7,13,18-21H2,1-4H3,(H,28,32). The zero-order chi connectivity index (χ0) is 26.6. The smallest absolute Gasteiger partial charge is 0.242 e. The van der Waals surface area contributed by atoms with Crippen molar-refractivity contribution in [3.8, 4) is 5.75 Å². The molecule has 0 saturated carbocycles. The van der Waals surface area contributed by atoms with Gasteiger partial charge < -0.3 is 15.0 Å². The molecule has 0 aliphatic rings. The molecular weight excluding hydrogens is 478 g/mol. The summed E-state index contributed by atoms with van der Waals surface area (Å²) in [6.45, 7) is 7.07. The third-order valence-electron chi connectivity index (χ3n) is 5.72. The Hall–Kier alpha value is -3.07. The van der Waals surface area contributed by atoms with Gasteiger partial charge in [0.05, 0.1) is 18.6 Å². The number of carbonyl (C=O) groups excluding carboxylic acids is 2. The van der Waals surface area contributed by atoms with E-state index in [-0.39, 0.29) is 24.8 Å². The summed E-state index contributed by atoms with van der Waals surface area (Å²) in [6, 6.07) is 15.9. The minimum absolute atomic E-state index is 0.104. The van der Waals surface area contributed by atoms with E-state index in [0.717, 1.165) is 18.2 Å². The number of nitrogens with zero attached hydrogens (tertiary/aromatic N) is 2. The summed E-state index contributed by atoms with van der Waals surface area (Å²) in [5.41, 5.74) is 1.37. The van der Waals surface area contributed by atoms with Crippen LogP contribution in [0.3, 0.4) is 0 Å². The first kappa shape index (κ1) is 29.2. The molecule has 2 aromatic rings. The molecule has 0 saturated heterocycles. The Labute approximate surface area is 215 Å². The molecule has 0 spiro atoms. The van der Waals surface area contributed by atoms with Crippen LogP contribution in [0.4, 0.5) is 5.69 Å². The molecule has 9 heteroatoms. The van der Waals surface area contributed by atoms with E-state index in [2.05, 4.69) is 5.32 Å². The van der Waals surface area contributed by atoms with Gasteiger partial charge in [-0.15, -0.1) is 0 Å². The molecule has 0 fully saturated rings. The van der Waals surface area contributed by atoms with Gasteiger partial charge in [0.25, 0.3) is 0 Å². The number of anilines is 1. The molecule has 0 aromatic heterocycles. The van der Waals surface area contributed by atoms with Crippen molar-refractivity contribution < 1.29 is 22.7 Å². The molecule has 198 valence electrons. The van der Waals surface area contributed by atoms with Crippen molar-refractivity contribution in [1.29, 1.82) is 0 Å². The summed E-state index contributed by atoms with van der Waals surface area (Å²) in [6.07, 6.45) is 2.83. The SMILES string of the molecule is CCCNC(=O)C(CC)N(Cc1ccccc1)C(=O)CCCN(c1ccccc1OCC)S(C)(=O)=O. The number of para-hydroxylation sites is 2. The van der Waals surface area contributed by atoms with Crippen LogP contribution in [0.25, 0.3) is 0 Å². The van der Waals surface area contributed by atoms with Gasteiger partial charge in [-0.2, -0.15) is 0 Å². The number of ether oxygens (including phenoxy) is 1. The average molecular weight is 518 g/mol. The van der Waals surface area contributed by atoms with Crippen molar-refractivity contribution in [1.82, 2.24) is 10.2 Å². The first-order valence-corrected chi connectivity index (χ1v) is 14.4. The molecule has 1 atom stereocenters. The van der Waals surface area contributed by atoms with Crippen LogP contribution >= 0.6 is 0 Å². The van der Waals surface area contributed by atoms with Crippen LogP contribution in [0.2, 0.25) is 0 Å². The van der Waals surface area contributed by atoms with Crippen molar-refractivity contribution in [2.75, 3.05) is 30.3 Å². The van der Waals surface area contributed by atoms with E-state index < -0.39 is 16.1 Å². The summed E-state index contributed by atoms with van der Waals surface area (Å²) in [5, 5.41) is 2.90. The second kappa shape index (κ2) is 14.5. The van der Waals surface area contributed by atoms with Crippen molar-refractivity contribution >= 4 is 27.5 Å². The molecule has 8 nitrogen and oxygen atoms in total. The summed E-state index contributed by atoms with van der Waals surface area (Å²) in [4.78, 5) is 27.9. The number of hydrogen-bond acceptors (Lipinski definition) is 5. The maximum atomic E-state index is 13.4. The molecule has 1 unspecified atom stereocenters. The van der Waals surface area contributed by atoms with Gasteiger partial charge >= 0.3 is 0 Å². The minimum Gasteiger partial charge on any atom is -0.492 e. The third kappa shape index (κ3) is 8.55. The fraction of sp³-hybridized carbons (Fsp3) is 0.481. The van der Waals surface area contributed by atoms with E-state index in [1.54, 1.807) is 29.2 Å². The molecule has 2 rings (SSSR count). The quantitative estimate of drug-likeness (QED) is 0.386. The Morgan fingerprint density at radius 2 is 1.67 bits per heavy atom.